The summed E-state index contributed by atoms with van der Waals surface area (Å²) in [6, 6.07) is 0. The highest BCUT2D eigenvalue weighted by Gasteiger charge is 2.53. The van der Waals surface area contributed by atoms with Crippen LogP contribution in [0.3, 0.4) is 0 Å². The molecule has 8 bridgehead atoms. The van der Waals surface area contributed by atoms with Gasteiger partial charge >= 0.3 is 0 Å². The van der Waals surface area contributed by atoms with E-state index in [0.29, 0.717) is 38.5 Å². The van der Waals surface area contributed by atoms with Crippen LogP contribution in [0.1, 0.15) is 77.6 Å². The number of ketones is 1. The third kappa shape index (κ3) is 9.97. The normalized spacial score (nSPS) is 47.5. The molecule has 312 valence electrons. The molecule has 55 heavy (non-hydrogen) atoms. The second-order valence-corrected chi connectivity index (χ2v) is 17.3. The third-order valence-electron chi connectivity index (χ3n) is 12.9. The lowest BCUT2D eigenvalue weighted by atomic mass is 9.81. The Morgan fingerprint density at radius 3 is 2.24 bits per heavy atom. The van der Waals surface area contributed by atoms with Crippen molar-refractivity contribution in [3.05, 3.63) is 36.5 Å². The van der Waals surface area contributed by atoms with Crippen LogP contribution in [0.4, 0.5) is 0 Å². The lowest BCUT2D eigenvalue weighted by Crippen LogP contribution is -2.63. The third-order valence-corrected chi connectivity index (χ3v) is 13.5. The first-order valence-electron chi connectivity index (χ1n) is 20.2. The highest BCUT2D eigenvalue weighted by molar-refractivity contribution is 7.81. The van der Waals surface area contributed by atoms with E-state index >= 15 is 0 Å². The minimum atomic E-state index is -1.35. The molecule has 5 saturated heterocycles. The number of thiol groups is 1. The summed E-state index contributed by atoms with van der Waals surface area (Å²) >= 11 is 4.92. The first kappa shape index (κ1) is 43.3. The van der Waals surface area contributed by atoms with Crippen molar-refractivity contribution in [3.63, 3.8) is 0 Å². The van der Waals surface area contributed by atoms with Crippen LogP contribution in [0.2, 0.25) is 0 Å². The second-order valence-electron chi connectivity index (χ2n) is 16.7. The van der Waals surface area contributed by atoms with Crippen molar-refractivity contribution >= 4 is 18.4 Å². The van der Waals surface area contributed by atoms with Gasteiger partial charge in [-0.15, -0.1) is 0 Å². The van der Waals surface area contributed by atoms with Gasteiger partial charge in [-0.05, 0) is 68.4 Å². The summed E-state index contributed by atoms with van der Waals surface area (Å²) < 4.78 is 44.0. The second kappa shape index (κ2) is 19.2. The number of carbonyl (C=O) groups is 1. The van der Waals surface area contributed by atoms with Gasteiger partial charge in [-0.3, -0.25) is 4.79 Å². The molecule has 5 fully saturated rings. The van der Waals surface area contributed by atoms with Crippen molar-refractivity contribution in [2.75, 3.05) is 20.8 Å². The fourth-order valence-electron chi connectivity index (χ4n) is 9.72. The number of methoxy groups -OCH3 is 2. The van der Waals surface area contributed by atoms with Gasteiger partial charge in [0.15, 0.2) is 0 Å². The van der Waals surface area contributed by atoms with Crippen LogP contribution in [0.5, 0.6) is 0 Å². The maximum absolute atomic E-state index is 14.1. The van der Waals surface area contributed by atoms with Gasteiger partial charge in [0, 0.05) is 39.4 Å². The maximum Gasteiger partial charge on any atom is 0.148 e. The van der Waals surface area contributed by atoms with Crippen LogP contribution in [-0.2, 0) is 38.0 Å². The largest absolute Gasteiger partial charge is 0.394 e. The number of rotatable bonds is 5. The molecule has 13 nitrogen and oxygen atoms in total. The van der Waals surface area contributed by atoms with E-state index in [1.165, 1.54) is 7.11 Å². The molecule has 0 amide bonds. The van der Waals surface area contributed by atoms with Crippen LogP contribution in [-0.4, -0.2) is 155 Å². The zero-order chi connectivity index (χ0) is 39.6. The molecule has 0 aliphatic carbocycles. The molecule has 19 atom stereocenters. The van der Waals surface area contributed by atoms with E-state index in [9.17, 15) is 30.3 Å². The van der Waals surface area contributed by atoms with E-state index < -0.39 is 91.0 Å². The Balaban J connectivity index is 1.26. The van der Waals surface area contributed by atoms with E-state index in [-0.39, 0.29) is 49.0 Å². The number of fused-ring (bicyclic) bond motifs is 2. The molecule has 0 aromatic carbocycles. The molecule has 8 rings (SSSR count). The van der Waals surface area contributed by atoms with Crippen molar-refractivity contribution in [3.8, 4) is 0 Å². The predicted molar refractivity (Wildman–Crippen MR) is 205 cm³/mol. The van der Waals surface area contributed by atoms with Crippen molar-refractivity contribution in [1.29, 1.82) is 0 Å². The van der Waals surface area contributed by atoms with Gasteiger partial charge in [0.2, 0.25) is 0 Å². The molecule has 0 aromatic rings. The van der Waals surface area contributed by atoms with Crippen LogP contribution in [0.25, 0.3) is 0 Å². The summed E-state index contributed by atoms with van der Waals surface area (Å²) in [6.07, 6.45) is -1.50. The quantitative estimate of drug-likeness (QED) is 0.177. The first-order chi connectivity index (χ1) is 26.3. The number of carbonyl (C=O) groups excluding carboxylic acids is 1. The SMILES string of the molecule is C=C1C(C)CC2CC[C@@H]3OC(CCC(O)/C=C/C(OC)C4OC5CC[C@H](CC(=O)C(S)C6[C@H](CC1O2)O[C@H](CC(O)CO)[C@@H]6OC)OC5[C@H](O)[C@@H]4O)CC3=C. The van der Waals surface area contributed by atoms with Gasteiger partial charge in [-0.1, -0.05) is 32.2 Å². The zero-order valence-corrected chi connectivity index (χ0v) is 33.4. The molecule has 0 aromatic heterocycles. The Morgan fingerprint density at radius 2 is 1.51 bits per heavy atom. The average molecular weight is 797 g/mol. The fraction of sp³-hybridized carbons (Fsp3) is 0.829. The molecule has 12 unspecified atom stereocenters. The first-order valence-corrected chi connectivity index (χ1v) is 20.7. The Morgan fingerprint density at radius 1 is 0.818 bits per heavy atom. The Kier molecular flexibility index (Phi) is 15.1. The number of Topliss-reactive ketones (excluding diaryl/α,β-unsaturated/α-hetero) is 1. The Bertz CT molecular complexity index is 1340. The molecule has 0 radical (unpaired) electrons. The Labute approximate surface area is 330 Å². The molecule has 8 aliphatic rings. The summed E-state index contributed by atoms with van der Waals surface area (Å²) in [6.45, 7) is 10.4. The minimum Gasteiger partial charge on any atom is -0.394 e. The van der Waals surface area contributed by atoms with Crippen molar-refractivity contribution in [2.24, 2.45) is 11.8 Å². The Hall–Kier alpha value is -1.24. The van der Waals surface area contributed by atoms with Crippen molar-refractivity contribution in [2.45, 2.75) is 180 Å². The van der Waals surface area contributed by atoms with Crippen molar-refractivity contribution < 1.29 is 63.5 Å². The van der Waals surface area contributed by atoms with Crippen LogP contribution >= 0.6 is 12.6 Å². The molecular weight excluding hydrogens is 733 g/mol. The molecule has 0 saturated carbocycles. The maximum atomic E-state index is 14.1. The number of aliphatic hydroxyl groups is 5. The van der Waals surface area contributed by atoms with E-state index in [1.807, 2.05) is 0 Å². The van der Waals surface area contributed by atoms with Gasteiger partial charge in [0.25, 0.3) is 0 Å². The summed E-state index contributed by atoms with van der Waals surface area (Å²) in [4.78, 5) is 14.1. The summed E-state index contributed by atoms with van der Waals surface area (Å²) in [5.41, 5.74) is 1.99. The van der Waals surface area contributed by atoms with E-state index in [2.05, 4.69) is 20.1 Å². The predicted octanol–water partition coefficient (Wildman–Crippen LogP) is 2.38. The highest BCUT2D eigenvalue weighted by Crippen LogP contribution is 2.43. The van der Waals surface area contributed by atoms with Crippen LogP contribution in [0.15, 0.2) is 36.5 Å². The molecule has 8 heterocycles. The number of ether oxygens (including phenoxy) is 7. The van der Waals surface area contributed by atoms with Gasteiger partial charge in [0.1, 0.15) is 36.3 Å². The van der Waals surface area contributed by atoms with E-state index in [0.717, 1.165) is 30.4 Å². The molecule has 0 spiro atoms. The summed E-state index contributed by atoms with van der Waals surface area (Å²) in [5, 5.41) is 52.6. The van der Waals surface area contributed by atoms with Crippen molar-refractivity contribution in [1.82, 2.24) is 0 Å². The topological polar surface area (TPSA) is 183 Å². The molecule has 8 aliphatic heterocycles. The lowest BCUT2D eigenvalue weighted by Gasteiger charge is -2.48. The van der Waals surface area contributed by atoms with Gasteiger partial charge < -0.3 is 58.7 Å². The number of hydrogen-bond donors (Lipinski definition) is 6. The molecule has 14 heteroatoms. The van der Waals surface area contributed by atoms with Gasteiger partial charge in [-0.2, -0.15) is 12.6 Å². The summed E-state index contributed by atoms with van der Waals surface area (Å²) in [5.74, 6) is -0.522. The minimum absolute atomic E-state index is 0.00959. The lowest BCUT2D eigenvalue weighted by molar-refractivity contribution is -0.275. The zero-order valence-electron chi connectivity index (χ0n) is 32.5. The molecular formula is C41H64O13S. The smallest absolute Gasteiger partial charge is 0.148 e. The van der Waals surface area contributed by atoms with Crippen LogP contribution < -0.4 is 0 Å². The molecule has 5 N–H and O–H groups in total. The van der Waals surface area contributed by atoms with Gasteiger partial charge in [-0.25, -0.2) is 0 Å². The van der Waals surface area contributed by atoms with Gasteiger partial charge in [0.05, 0.1) is 79.0 Å². The number of aliphatic hydroxyl groups excluding tert-OH is 5. The number of hydrogen-bond acceptors (Lipinski definition) is 14. The highest BCUT2D eigenvalue weighted by atomic mass is 32.1. The van der Waals surface area contributed by atoms with E-state index in [4.69, 9.17) is 45.8 Å². The monoisotopic (exact) mass is 796 g/mol. The van der Waals surface area contributed by atoms with E-state index in [1.54, 1.807) is 19.3 Å². The fourth-order valence-corrected chi connectivity index (χ4v) is 10.2. The standard InChI is InChI=1S/C41H64O13S/c1-20-14-26-9-12-29-21(2)15-25(50-29)8-6-23(43)7-11-30(48-4)39-36(46)37(47)40-31(54-39)13-10-27(52-40)17-28(45)41(55)35-33(18-32(51-26)22(20)3)53-34(38(35)49-5)16-24(44)19-42/h7,11,20,23-27,29-44,46-47,55H,2-3,6,8-10,12-19H2,1,4-5H3/b11-7+/t20?,23?,24?,25?,26?,27-,29+,30?,31?,32?,33+,34-,35?,36+,37-,38+,39?,40?,41?/m1/s1. The summed E-state index contributed by atoms with van der Waals surface area (Å²) in [7, 11) is 3.03. The average Bonchev–Trinajstić information content (AvgIpc) is 3.70. The van der Waals surface area contributed by atoms with Crippen LogP contribution in [0, 0.1) is 11.8 Å².